The number of aromatic amines is 1. The molecule has 5 nitrogen and oxygen atoms in total. The van der Waals surface area contributed by atoms with Gasteiger partial charge in [-0.25, -0.2) is 9.48 Å². The van der Waals surface area contributed by atoms with Gasteiger partial charge in [-0.3, -0.25) is 9.89 Å². The highest BCUT2D eigenvalue weighted by Crippen LogP contribution is 1.84. The minimum absolute atomic E-state index is 0.273. The topological polar surface area (TPSA) is 66.9 Å². The maximum absolute atomic E-state index is 11.2. The Kier molecular flexibility index (Phi) is 3.31. The van der Waals surface area contributed by atoms with Crippen molar-refractivity contribution in [2.75, 3.05) is 6.54 Å². The zero-order chi connectivity index (χ0) is 9.68. The van der Waals surface area contributed by atoms with E-state index in [1.165, 1.54) is 12.3 Å². The monoisotopic (exact) mass is 183 g/mol. The fourth-order valence-corrected chi connectivity index (χ4v) is 0.911. The Balaban J connectivity index is 2.44. The summed E-state index contributed by atoms with van der Waals surface area (Å²) in [6, 6.07) is 1.01. The van der Waals surface area contributed by atoms with Gasteiger partial charge >= 0.3 is 6.03 Å². The van der Waals surface area contributed by atoms with Crippen LogP contribution in [0, 0.1) is 0 Å². The smallest absolute Gasteiger partial charge is 0.336 e. The van der Waals surface area contributed by atoms with E-state index in [0.717, 1.165) is 17.5 Å². The van der Waals surface area contributed by atoms with Crippen molar-refractivity contribution in [2.45, 2.75) is 19.8 Å². The number of carbonyl (C=O) groups is 1. The van der Waals surface area contributed by atoms with Crippen LogP contribution >= 0.6 is 0 Å². The van der Waals surface area contributed by atoms with Gasteiger partial charge in [-0.15, -0.1) is 0 Å². The number of aromatic nitrogens is 2. The van der Waals surface area contributed by atoms with E-state index >= 15 is 0 Å². The molecule has 0 atom stereocenters. The molecule has 0 radical (unpaired) electrons. The molecule has 13 heavy (non-hydrogen) atoms. The number of H-pyrrole nitrogens is 1. The first-order chi connectivity index (χ1) is 6.24. The van der Waals surface area contributed by atoms with Crippen molar-refractivity contribution < 1.29 is 4.79 Å². The lowest BCUT2D eigenvalue weighted by Crippen LogP contribution is -2.30. The van der Waals surface area contributed by atoms with Gasteiger partial charge in [-0.2, -0.15) is 0 Å². The first kappa shape index (κ1) is 9.57. The zero-order valence-electron chi connectivity index (χ0n) is 7.54. The fourth-order valence-electron chi connectivity index (χ4n) is 0.911. The van der Waals surface area contributed by atoms with E-state index in [2.05, 4.69) is 10.4 Å². The van der Waals surface area contributed by atoms with E-state index in [-0.39, 0.29) is 11.6 Å². The summed E-state index contributed by atoms with van der Waals surface area (Å²) < 4.78 is 1.14. The average molecular weight is 183 g/mol. The summed E-state index contributed by atoms with van der Waals surface area (Å²) in [7, 11) is 0. The molecule has 1 amide bonds. The molecular formula is C8H13N3O2. The predicted molar refractivity (Wildman–Crippen MR) is 48.8 cm³/mol. The quantitative estimate of drug-likeness (QED) is 0.671. The van der Waals surface area contributed by atoms with Crippen molar-refractivity contribution in [3.8, 4) is 0 Å². The summed E-state index contributed by atoms with van der Waals surface area (Å²) in [6.45, 7) is 2.68. The molecule has 0 saturated carbocycles. The Hall–Kier alpha value is -1.52. The van der Waals surface area contributed by atoms with Crippen LogP contribution in [0.15, 0.2) is 17.1 Å². The highest BCUT2D eigenvalue weighted by Gasteiger charge is 2.01. The van der Waals surface area contributed by atoms with E-state index in [9.17, 15) is 9.59 Å². The fraction of sp³-hybridized carbons (Fsp3) is 0.500. The van der Waals surface area contributed by atoms with Gasteiger partial charge in [0.1, 0.15) is 0 Å². The van der Waals surface area contributed by atoms with Crippen molar-refractivity contribution >= 4 is 6.03 Å². The Morgan fingerprint density at radius 2 is 2.46 bits per heavy atom. The minimum Gasteiger partial charge on any atom is -0.336 e. The third kappa shape index (κ3) is 2.77. The van der Waals surface area contributed by atoms with Gasteiger partial charge in [0.25, 0.3) is 5.56 Å². The molecule has 0 spiro atoms. The molecule has 0 unspecified atom stereocenters. The van der Waals surface area contributed by atoms with Crippen LogP contribution in [0.5, 0.6) is 0 Å². The first-order valence-corrected chi connectivity index (χ1v) is 4.30. The van der Waals surface area contributed by atoms with Gasteiger partial charge in [0, 0.05) is 18.8 Å². The average Bonchev–Trinajstić information content (AvgIpc) is 2.52. The van der Waals surface area contributed by atoms with E-state index in [4.69, 9.17) is 0 Å². The molecule has 0 bridgehead atoms. The number of hydrogen-bond acceptors (Lipinski definition) is 2. The molecule has 1 aromatic rings. The van der Waals surface area contributed by atoms with Gasteiger partial charge in [-0.05, 0) is 6.42 Å². The van der Waals surface area contributed by atoms with E-state index in [0.29, 0.717) is 6.54 Å². The molecule has 2 N–H and O–H groups in total. The Morgan fingerprint density at radius 1 is 1.69 bits per heavy atom. The molecule has 0 aliphatic heterocycles. The molecule has 0 aliphatic rings. The molecule has 5 heteroatoms. The molecular weight excluding hydrogens is 170 g/mol. The lowest BCUT2D eigenvalue weighted by molar-refractivity contribution is 0.239. The number of nitrogens with zero attached hydrogens (tertiary/aromatic N) is 1. The summed E-state index contributed by atoms with van der Waals surface area (Å²) in [5.41, 5.74) is -0.273. The van der Waals surface area contributed by atoms with Crippen LogP contribution in [-0.2, 0) is 0 Å². The number of amides is 1. The highest BCUT2D eigenvalue weighted by atomic mass is 16.2. The van der Waals surface area contributed by atoms with E-state index < -0.39 is 0 Å². The SMILES string of the molecule is CCCCNC(=O)n1ccc(=O)[nH]1. The maximum Gasteiger partial charge on any atom is 0.340 e. The van der Waals surface area contributed by atoms with Crippen LogP contribution < -0.4 is 10.9 Å². The van der Waals surface area contributed by atoms with Crippen LogP contribution in [0.4, 0.5) is 4.79 Å². The molecule has 72 valence electrons. The van der Waals surface area contributed by atoms with Gasteiger partial charge in [-0.1, -0.05) is 13.3 Å². The van der Waals surface area contributed by atoms with Crippen LogP contribution in [-0.4, -0.2) is 22.4 Å². The lowest BCUT2D eigenvalue weighted by atomic mass is 10.3. The second-order valence-electron chi connectivity index (χ2n) is 2.75. The first-order valence-electron chi connectivity index (χ1n) is 4.30. The molecule has 1 aromatic heterocycles. The van der Waals surface area contributed by atoms with Crippen molar-refractivity contribution in [2.24, 2.45) is 0 Å². The molecule has 0 fully saturated rings. The number of nitrogens with one attached hydrogen (secondary N) is 2. The molecule has 0 aliphatic carbocycles. The third-order valence-electron chi connectivity index (χ3n) is 1.63. The Labute approximate surface area is 75.7 Å². The highest BCUT2D eigenvalue weighted by molar-refractivity contribution is 5.75. The van der Waals surface area contributed by atoms with E-state index in [1.807, 2.05) is 6.92 Å². The van der Waals surface area contributed by atoms with Crippen LogP contribution in [0.2, 0.25) is 0 Å². The molecule has 1 heterocycles. The summed E-state index contributed by atoms with van der Waals surface area (Å²) in [5.74, 6) is 0. The second-order valence-corrected chi connectivity index (χ2v) is 2.75. The van der Waals surface area contributed by atoms with Gasteiger partial charge < -0.3 is 5.32 Å². The van der Waals surface area contributed by atoms with Crippen molar-refractivity contribution in [1.82, 2.24) is 15.1 Å². The number of hydrogen-bond donors (Lipinski definition) is 2. The zero-order valence-corrected chi connectivity index (χ0v) is 7.54. The number of carbonyl (C=O) groups excluding carboxylic acids is 1. The van der Waals surface area contributed by atoms with Gasteiger partial charge in [0.05, 0.1) is 0 Å². The van der Waals surface area contributed by atoms with Crippen molar-refractivity contribution in [1.29, 1.82) is 0 Å². The maximum atomic E-state index is 11.2. The predicted octanol–water partition coefficient (Wildman–Crippen LogP) is 0.534. The van der Waals surface area contributed by atoms with Crippen LogP contribution in [0.3, 0.4) is 0 Å². The standard InChI is InChI=1S/C8H13N3O2/c1-2-3-5-9-8(13)11-6-4-7(12)10-11/h4,6H,2-3,5H2,1H3,(H,9,13)(H,10,12). The summed E-state index contributed by atoms with van der Waals surface area (Å²) in [4.78, 5) is 21.9. The summed E-state index contributed by atoms with van der Waals surface area (Å²) >= 11 is 0. The van der Waals surface area contributed by atoms with Gasteiger partial charge in [0.2, 0.25) is 0 Å². The van der Waals surface area contributed by atoms with Crippen molar-refractivity contribution in [3.63, 3.8) is 0 Å². The second kappa shape index (κ2) is 4.49. The van der Waals surface area contributed by atoms with E-state index in [1.54, 1.807) is 0 Å². The molecule has 0 aromatic carbocycles. The lowest BCUT2D eigenvalue weighted by Gasteiger charge is -2.03. The third-order valence-corrected chi connectivity index (χ3v) is 1.63. The molecule has 0 saturated heterocycles. The normalized spacial score (nSPS) is 9.92. The summed E-state index contributed by atoms with van der Waals surface area (Å²) in [6.07, 6.45) is 3.38. The van der Waals surface area contributed by atoms with Crippen LogP contribution in [0.25, 0.3) is 0 Å². The molecule has 1 rings (SSSR count). The van der Waals surface area contributed by atoms with Crippen molar-refractivity contribution in [3.05, 3.63) is 22.6 Å². The summed E-state index contributed by atoms with van der Waals surface area (Å²) in [5, 5.41) is 5.02. The van der Waals surface area contributed by atoms with Gasteiger partial charge in [0.15, 0.2) is 0 Å². The Morgan fingerprint density at radius 3 is 3.00 bits per heavy atom. The van der Waals surface area contributed by atoms with Crippen LogP contribution in [0.1, 0.15) is 19.8 Å². The minimum atomic E-state index is -0.296. The number of rotatable bonds is 3. The largest absolute Gasteiger partial charge is 0.340 e. The number of unbranched alkanes of at least 4 members (excludes halogenated alkanes) is 1. The Bertz CT molecular complexity index is 326.